The lowest BCUT2D eigenvalue weighted by Gasteiger charge is -2.26. The van der Waals surface area contributed by atoms with Gasteiger partial charge in [0.05, 0.1) is 6.10 Å². The van der Waals surface area contributed by atoms with Crippen molar-refractivity contribution in [3.05, 3.63) is 23.9 Å². The fraction of sp³-hybridized carbons (Fsp3) is 0.667. The highest BCUT2D eigenvalue weighted by molar-refractivity contribution is 5.39. The van der Waals surface area contributed by atoms with Crippen molar-refractivity contribution in [1.82, 2.24) is 4.98 Å². The molecule has 3 nitrogen and oxygen atoms in total. The number of hydrogen-bond donors (Lipinski definition) is 1. The second kappa shape index (κ2) is 7.37. The molecule has 0 saturated carbocycles. The molecule has 1 heterocycles. The van der Waals surface area contributed by atoms with Gasteiger partial charge in [-0.15, -0.1) is 0 Å². The lowest BCUT2D eigenvalue weighted by Crippen LogP contribution is -2.29. The van der Waals surface area contributed by atoms with Crippen LogP contribution >= 0.6 is 0 Å². The van der Waals surface area contributed by atoms with Gasteiger partial charge >= 0.3 is 0 Å². The Hall–Kier alpha value is -1.09. The molecule has 0 amide bonds. The van der Waals surface area contributed by atoms with Gasteiger partial charge in [-0.3, -0.25) is 0 Å². The summed E-state index contributed by atoms with van der Waals surface area (Å²) in [6.07, 6.45) is 3.74. The maximum atomic E-state index is 9.48. The monoisotopic (exact) mass is 250 g/mol. The SMILES string of the molecule is CCC(CC)CN(CC)c1ccc([C@H](C)O)cn1. The highest BCUT2D eigenvalue weighted by Gasteiger charge is 2.12. The molecule has 0 bridgehead atoms. The van der Waals surface area contributed by atoms with E-state index in [1.807, 2.05) is 12.1 Å². The molecule has 1 N–H and O–H groups in total. The van der Waals surface area contributed by atoms with E-state index in [0.29, 0.717) is 0 Å². The minimum absolute atomic E-state index is 0.444. The average Bonchev–Trinajstić information content (AvgIpc) is 2.40. The Morgan fingerprint density at radius 1 is 1.22 bits per heavy atom. The molecule has 102 valence electrons. The summed E-state index contributed by atoms with van der Waals surface area (Å²) in [6.45, 7) is 10.4. The first-order chi connectivity index (χ1) is 8.62. The number of anilines is 1. The van der Waals surface area contributed by atoms with Crippen LogP contribution in [0.5, 0.6) is 0 Å². The Balaban J connectivity index is 2.75. The van der Waals surface area contributed by atoms with E-state index in [1.54, 1.807) is 13.1 Å². The van der Waals surface area contributed by atoms with Crippen LogP contribution < -0.4 is 4.90 Å². The van der Waals surface area contributed by atoms with E-state index in [1.165, 1.54) is 12.8 Å². The van der Waals surface area contributed by atoms with Crippen LogP contribution in [0.2, 0.25) is 0 Å². The summed E-state index contributed by atoms with van der Waals surface area (Å²) in [5.74, 6) is 1.73. The molecular formula is C15H26N2O. The first kappa shape index (κ1) is 15.0. The first-order valence-electron chi connectivity index (χ1n) is 7.01. The van der Waals surface area contributed by atoms with Crippen LogP contribution in [0.4, 0.5) is 5.82 Å². The summed E-state index contributed by atoms with van der Waals surface area (Å²) in [5, 5.41) is 9.48. The highest BCUT2D eigenvalue weighted by Crippen LogP contribution is 2.18. The van der Waals surface area contributed by atoms with Crippen LogP contribution in [0.3, 0.4) is 0 Å². The molecule has 0 unspecified atom stereocenters. The summed E-state index contributed by atoms with van der Waals surface area (Å²) in [6, 6.07) is 3.97. The first-order valence-corrected chi connectivity index (χ1v) is 7.01. The van der Waals surface area contributed by atoms with E-state index in [0.717, 1.165) is 30.4 Å². The predicted molar refractivity (Wildman–Crippen MR) is 76.8 cm³/mol. The Morgan fingerprint density at radius 3 is 2.28 bits per heavy atom. The number of hydrogen-bond acceptors (Lipinski definition) is 3. The number of nitrogens with zero attached hydrogens (tertiary/aromatic N) is 2. The lowest BCUT2D eigenvalue weighted by atomic mass is 10.0. The molecule has 1 atom stereocenters. The zero-order valence-corrected chi connectivity index (χ0v) is 12.1. The Kier molecular flexibility index (Phi) is 6.13. The van der Waals surface area contributed by atoms with Gasteiger partial charge in [0, 0.05) is 19.3 Å². The van der Waals surface area contributed by atoms with Crippen LogP contribution in [0.25, 0.3) is 0 Å². The normalized spacial score (nSPS) is 12.8. The minimum atomic E-state index is -0.444. The molecule has 0 aliphatic rings. The number of aliphatic hydroxyl groups is 1. The van der Waals surface area contributed by atoms with Gasteiger partial charge in [0.2, 0.25) is 0 Å². The molecular weight excluding hydrogens is 224 g/mol. The van der Waals surface area contributed by atoms with Crippen LogP contribution in [0, 0.1) is 5.92 Å². The van der Waals surface area contributed by atoms with Crippen LogP contribution in [0.1, 0.15) is 52.2 Å². The van der Waals surface area contributed by atoms with Crippen LogP contribution in [-0.4, -0.2) is 23.2 Å². The third kappa shape index (κ3) is 3.98. The van der Waals surface area contributed by atoms with Crippen molar-refractivity contribution in [1.29, 1.82) is 0 Å². The van der Waals surface area contributed by atoms with Crippen molar-refractivity contribution in [2.45, 2.75) is 46.6 Å². The summed E-state index contributed by atoms with van der Waals surface area (Å²) < 4.78 is 0. The average molecular weight is 250 g/mol. The molecule has 0 aliphatic heterocycles. The van der Waals surface area contributed by atoms with Crippen molar-refractivity contribution >= 4 is 5.82 Å². The molecule has 1 rings (SSSR count). The number of aromatic nitrogens is 1. The van der Waals surface area contributed by atoms with Gasteiger partial charge in [-0.2, -0.15) is 0 Å². The highest BCUT2D eigenvalue weighted by atomic mass is 16.3. The van der Waals surface area contributed by atoms with Gasteiger partial charge in [0.1, 0.15) is 5.82 Å². The molecule has 0 aliphatic carbocycles. The third-order valence-corrected chi connectivity index (χ3v) is 3.59. The van der Waals surface area contributed by atoms with E-state index in [-0.39, 0.29) is 0 Å². The molecule has 18 heavy (non-hydrogen) atoms. The molecule has 0 saturated heterocycles. The van der Waals surface area contributed by atoms with Crippen molar-refractivity contribution in [3.63, 3.8) is 0 Å². The predicted octanol–water partition coefficient (Wildman–Crippen LogP) is 3.40. The zero-order chi connectivity index (χ0) is 13.5. The largest absolute Gasteiger partial charge is 0.389 e. The standard InChI is InChI=1S/C15H26N2O/c1-5-13(6-2)11-17(7-3)15-9-8-14(10-16-15)12(4)18/h8-10,12-13,18H,5-7,11H2,1-4H3/t12-/m0/s1. The second-order valence-electron chi connectivity index (χ2n) is 4.85. The van der Waals surface area contributed by atoms with Gasteiger partial charge < -0.3 is 10.0 Å². The quantitative estimate of drug-likeness (QED) is 0.805. The van der Waals surface area contributed by atoms with E-state index in [4.69, 9.17) is 0 Å². The molecule has 0 spiro atoms. The number of rotatable bonds is 7. The Bertz CT molecular complexity index is 331. The minimum Gasteiger partial charge on any atom is -0.389 e. The summed E-state index contributed by atoms with van der Waals surface area (Å²) in [7, 11) is 0. The molecule has 0 radical (unpaired) electrons. The molecule has 1 aromatic heterocycles. The van der Waals surface area contributed by atoms with Gasteiger partial charge in [-0.25, -0.2) is 4.98 Å². The zero-order valence-electron chi connectivity index (χ0n) is 12.1. The molecule has 0 aromatic carbocycles. The maximum absolute atomic E-state index is 9.48. The molecule has 1 aromatic rings. The van der Waals surface area contributed by atoms with E-state index >= 15 is 0 Å². The van der Waals surface area contributed by atoms with E-state index in [9.17, 15) is 5.11 Å². The lowest BCUT2D eigenvalue weighted by molar-refractivity contribution is 0.199. The number of aliphatic hydroxyl groups excluding tert-OH is 1. The van der Waals surface area contributed by atoms with Crippen molar-refractivity contribution in [2.24, 2.45) is 5.92 Å². The summed E-state index contributed by atoms with van der Waals surface area (Å²) >= 11 is 0. The van der Waals surface area contributed by atoms with E-state index < -0.39 is 6.10 Å². The van der Waals surface area contributed by atoms with Gasteiger partial charge in [0.25, 0.3) is 0 Å². The fourth-order valence-electron chi connectivity index (χ4n) is 2.07. The fourth-order valence-corrected chi connectivity index (χ4v) is 2.07. The van der Waals surface area contributed by atoms with Crippen LogP contribution in [-0.2, 0) is 0 Å². The Morgan fingerprint density at radius 2 is 1.89 bits per heavy atom. The second-order valence-corrected chi connectivity index (χ2v) is 4.85. The van der Waals surface area contributed by atoms with Gasteiger partial charge in [-0.1, -0.05) is 32.8 Å². The third-order valence-electron chi connectivity index (χ3n) is 3.59. The van der Waals surface area contributed by atoms with Crippen molar-refractivity contribution in [2.75, 3.05) is 18.0 Å². The van der Waals surface area contributed by atoms with Crippen molar-refractivity contribution in [3.8, 4) is 0 Å². The van der Waals surface area contributed by atoms with E-state index in [2.05, 4.69) is 30.7 Å². The van der Waals surface area contributed by atoms with Gasteiger partial charge in [0.15, 0.2) is 0 Å². The molecule has 3 heteroatoms. The topological polar surface area (TPSA) is 36.4 Å². The summed E-state index contributed by atoms with van der Waals surface area (Å²) in [5.41, 5.74) is 0.873. The maximum Gasteiger partial charge on any atom is 0.128 e. The van der Waals surface area contributed by atoms with Crippen molar-refractivity contribution < 1.29 is 5.11 Å². The number of pyridine rings is 1. The van der Waals surface area contributed by atoms with Gasteiger partial charge in [-0.05, 0) is 31.4 Å². The smallest absolute Gasteiger partial charge is 0.128 e. The molecule has 0 fully saturated rings. The summed E-state index contributed by atoms with van der Waals surface area (Å²) in [4.78, 5) is 6.77. The van der Waals surface area contributed by atoms with Crippen LogP contribution in [0.15, 0.2) is 18.3 Å². The Labute approximate surface area is 111 Å².